The quantitative estimate of drug-likeness (QED) is 0.419. The molecule has 15 heavy (non-hydrogen) atoms. The molecular formula is C8H11NO6. The summed E-state index contributed by atoms with van der Waals surface area (Å²) < 4.78 is 0. The maximum absolute atomic E-state index is 10.9. The lowest BCUT2D eigenvalue weighted by Crippen LogP contribution is -2.61. The molecule has 7 nitrogen and oxygen atoms in total. The van der Waals surface area contributed by atoms with E-state index >= 15 is 0 Å². The fraction of sp³-hybridized carbons (Fsp3) is 0.625. The van der Waals surface area contributed by atoms with E-state index < -0.39 is 35.9 Å². The SMILES string of the molecule is O=C(O)CNC(C(=O)O)(C(=O)O)C1CC1. The van der Waals surface area contributed by atoms with Crippen molar-refractivity contribution in [1.29, 1.82) is 0 Å². The Morgan fingerprint density at radius 3 is 1.87 bits per heavy atom. The number of hydrogen-bond acceptors (Lipinski definition) is 4. The highest BCUT2D eigenvalue weighted by Crippen LogP contribution is 2.40. The van der Waals surface area contributed by atoms with E-state index in [1.54, 1.807) is 0 Å². The Morgan fingerprint density at radius 2 is 1.60 bits per heavy atom. The predicted molar refractivity (Wildman–Crippen MR) is 46.4 cm³/mol. The van der Waals surface area contributed by atoms with Crippen LogP contribution in [-0.2, 0) is 14.4 Å². The van der Waals surface area contributed by atoms with Crippen molar-refractivity contribution in [3.05, 3.63) is 0 Å². The summed E-state index contributed by atoms with van der Waals surface area (Å²) in [4.78, 5) is 32.1. The van der Waals surface area contributed by atoms with Crippen LogP contribution in [0, 0.1) is 5.92 Å². The molecule has 0 unspecified atom stereocenters. The highest BCUT2D eigenvalue weighted by atomic mass is 16.4. The molecule has 0 aliphatic heterocycles. The highest BCUT2D eigenvalue weighted by Gasteiger charge is 2.57. The van der Waals surface area contributed by atoms with Crippen LogP contribution in [0.25, 0.3) is 0 Å². The minimum atomic E-state index is -2.15. The topological polar surface area (TPSA) is 124 Å². The fourth-order valence-corrected chi connectivity index (χ4v) is 1.47. The van der Waals surface area contributed by atoms with Crippen molar-refractivity contribution in [2.45, 2.75) is 18.4 Å². The summed E-state index contributed by atoms with van der Waals surface area (Å²) in [7, 11) is 0. The number of carbonyl (C=O) groups is 3. The molecule has 0 radical (unpaired) electrons. The summed E-state index contributed by atoms with van der Waals surface area (Å²) in [6.07, 6.45) is 0.955. The Hall–Kier alpha value is -1.63. The first-order chi connectivity index (χ1) is 6.91. The first-order valence-electron chi connectivity index (χ1n) is 4.35. The molecule has 0 aromatic carbocycles. The van der Waals surface area contributed by atoms with Gasteiger partial charge in [-0.2, -0.15) is 0 Å². The Balaban J connectivity index is 2.87. The molecule has 7 heteroatoms. The van der Waals surface area contributed by atoms with Crippen molar-refractivity contribution in [2.75, 3.05) is 6.54 Å². The summed E-state index contributed by atoms with van der Waals surface area (Å²) in [6.45, 7) is -0.685. The molecule has 0 bridgehead atoms. The lowest BCUT2D eigenvalue weighted by Gasteiger charge is -2.25. The maximum atomic E-state index is 10.9. The van der Waals surface area contributed by atoms with Gasteiger partial charge in [-0.25, -0.2) is 9.59 Å². The van der Waals surface area contributed by atoms with Gasteiger partial charge in [-0.3, -0.25) is 10.1 Å². The van der Waals surface area contributed by atoms with E-state index in [4.69, 9.17) is 15.3 Å². The number of aliphatic carboxylic acids is 3. The van der Waals surface area contributed by atoms with E-state index in [1.165, 1.54) is 0 Å². The normalized spacial score (nSPS) is 16.0. The van der Waals surface area contributed by atoms with Gasteiger partial charge in [0.1, 0.15) is 0 Å². The van der Waals surface area contributed by atoms with Crippen LogP contribution in [0.2, 0.25) is 0 Å². The maximum Gasteiger partial charge on any atom is 0.335 e. The second kappa shape index (κ2) is 3.85. The third-order valence-electron chi connectivity index (χ3n) is 2.38. The number of nitrogens with one attached hydrogen (secondary N) is 1. The number of carboxylic acid groups (broad SMARTS) is 3. The second-order valence-corrected chi connectivity index (χ2v) is 3.44. The van der Waals surface area contributed by atoms with Gasteiger partial charge < -0.3 is 15.3 Å². The van der Waals surface area contributed by atoms with Gasteiger partial charge in [0.15, 0.2) is 0 Å². The standard InChI is InChI=1S/C8H11NO6/c10-5(11)3-9-8(6(12)13,7(14)15)4-1-2-4/h4,9H,1-3H2,(H,10,11)(H,12,13)(H,14,15). The van der Waals surface area contributed by atoms with Crippen molar-refractivity contribution in [3.8, 4) is 0 Å². The molecular weight excluding hydrogens is 206 g/mol. The molecule has 1 rings (SSSR count). The average molecular weight is 217 g/mol. The smallest absolute Gasteiger partial charge is 0.335 e. The fourth-order valence-electron chi connectivity index (χ4n) is 1.47. The molecule has 0 amide bonds. The van der Waals surface area contributed by atoms with Crippen LogP contribution in [0.15, 0.2) is 0 Å². The van der Waals surface area contributed by atoms with Gasteiger partial charge in [-0.15, -0.1) is 0 Å². The summed E-state index contributed by atoms with van der Waals surface area (Å²) >= 11 is 0. The van der Waals surface area contributed by atoms with Crippen LogP contribution in [-0.4, -0.2) is 45.3 Å². The molecule has 4 N–H and O–H groups in total. The van der Waals surface area contributed by atoms with Gasteiger partial charge in [-0.05, 0) is 18.8 Å². The first kappa shape index (κ1) is 11.4. The molecule has 1 aliphatic carbocycles. The van der Waals surface area contributed by atoms with Crippen molar-refractivity contribution in [1.82, 2.24) is 5.32 Å². The Bertz CT molecular complexity index is 294. The van der Waals surface area contributed by atoms with E-state index in [0.717, 1.165) is 0 Å². The van der Waals surface area contributed by atoms with Crippen LogP contribution >= 0.6 is 0 Å². The predicted octanol–water partition coefficient (Wildman–Crippen LogP) is -1.02. The largest absolute Gasteiger partial charge is 0.480 e. The van der Waals surface area contributed by atoms with Gasteiger partial charge in [0, 0.05) is 0 Å². The van der Waals surface area contributed by atoms with E-state index in [2.05, 4.69) is 5.32 Å². The van der Waals surface area contributed by atoms with Crippen LogP contribution in [0.4, 0.5) is 0 Å². The zero-order valence-corrected chi connectivity index (χ0v) is 7.77. The first-order valence-corrected chi connectivity index (χ1v) is 4.35. The molecule has 84 valence electrons. The average Bonchev–Trinajstić information content (AvgIpc) is 2.87. The zero-order valence-electron chi connectivity index (χ0n) is 7.77. The summed E-state index contributed by atoms with van der Waals surface area (Å²) in [5.41, 5.74) is -2.15. The lowest BCUT2D eigenvalue weighted by molar-refractivity contribution is -0.160. The monoisotopic (exact) mass is 217 g/mol. The number of rotatable bonds is 6. The van der Waals surface area contributed by atoms with Crippen LogP contribution < -0.4 is 5.32 Å². The summed E-state index contributed by atoms with van der Waals surface area (Å²) in [5, 5.41) is 28.3. The number of carboxylic acids is 3. The zero-order chi connectivity index (χ0) is 11.6. The second-order valence-electron chi connectivity index (χ2n) is 3.44. The van der Waals surface area contributed by atoms with Gasteiger partial charge in [0.2, 0.25) is 5.54 Å². The van der Waals surface area contributed by atoms with E-state index in [-0.39, 0.29) is 0 Å². The summed E-state index contributed by atoms with van der Waals surface area (Å²) in [6, 6.07) is 0. The van der Waals surface area contributed by atoms with Gasteiger partial charge in [0.05, 0.1) is 6.54 Å². The Kier molecular flexibility index (Phi) is 2.94. The van der Waals surface area contributed by atoms with Gasteiger partial charge in [0.25, 0.3) is 0 Å². The molecule has 1 saturated carbocycles. The van der Waals surface area contributed by atoms with E-state index in [0.29, 0.717) is 12.8 Å². The molecule has 0 atom stereocenters. The minimum Gasteiger partial charge on any atom is -0.480 e. The van der Waals surface area contributed by atoms with Crippen molar-refractivity contribution >= 4 is 17.9 Å². The van der Waals surface area contributed by atoms with E-state index in [9.17, 15) is 14.4 Å². The highest BCUT2D eigenvalue weighted by molar-refractivity contribution is 6.04. The van der Waals surface area contributed by atoms with Crippen LogP contribution in [0.1, 0.15) is 12.8 Å². The molecule has 0 aromatic rings. The summed E-state index contributed by atoms with van der Waals surface area (Å²) in [5.74, 6) is -4.91. The van der Waals surface area contributed by atoms with Crippen LogP contribution in [0.5, 0.6) is 0 Å². The van der Waals surface area contributed by atoms with Crippen molar-refractivity contribution in [3.63, 3.8) is 0 Å². The molecule has 0 saturated heterocycles. The van der Waals surface area contributed by atoms with Gasteiger partial charge in [-0.1, -0.05) is 0 Å². The van der Waals surface area contributed by atoms with Crippen molar-refractivity contribution in [2.24, 2.45) is 5.92 Å². The lowest BCUT2D eigenvalue weighted by atomic mass is 9.93. The van der Waals surface area contributed by atoms with Crippen molar-refractivity contribution < 1.29 is 29.7 Å². The Labute approximate surface area is 84.7 Å². The molecule has 0 aromatic heterocycles. The van der Waals surface area contributed by atoms with Gasteiger partial charge >= 0.3 is 17.9 Å². The third kappa shape index (κ3) is 2.07. The Morgan fingerprint density at radius 1 is 1.13 bits per heavy atom. The molecule has 1 aliphatic rings. The molecule has 0 heterocycles. The third-order valence-corrected chi connectivity index (χ3v) is 2.38. The molecule has 1 fully saturated rings. The molecule has 0 spiro atoms. The van der Waals surface area contributed by atoms with Crippen LogP contribution in [0.3, 0.4) is 0 Å². The number of hydrogen-bond donors (Lipinski definition) is 4. The minimum absolute atomic E-state index is 0.477. The van der Waals surface area contributed by atoms with E-state index in [1.807, 2.05) is 0 Å².